The Labute approximate surface area is 184 Å². The summed E-state index contributed by atoms with van der Waals surface area (Å²) in [6, 6.07) is 6.22. The zero-order valence-electron chi connectivity index (χ0n) is 18.7. The van der Waals surface area contributed by atoms with Crippen LogP contribution in [0, 0.1) is 17.8 Å². The molecule has 4 bridgehead atoms. The van der Waals surface area contributed by atoms with Crippen LogP contribution in [0.4, 0.5) is 0 Å². The van der Waals surface area contributed by atoms with E-state index in [1.807, 2.05) is 19.4 Å². The molecule has 1 aliphatic heterocycles. The Bertz CT molecular complexity index is 940. The molecule has 1 amide bonds. The second-order valence-corrected chi connectivity index (χ2v) is 10.9. The van der Waals surface area contributed by atoms with Crippen LogP contribution in [0.2, 0.25) is 0 Å². The summed E-state index contributed by atoms with van der Waals surface area (Å²) in [7, 11) is 1.82. The van der Waals surface area contributed by atoms with E-state index >= 15 is 0 Å². The molecule has 4 aliphatic carbocycles. The van der Waals surface area contributed by atoms with Crippen molar-refractivity contribution in [1.82, 2.24) is 10.3 Å². The number of imidazole rings is 1. The van der Waals surface area contributed by atoms with E-state index in [9.17, 15) is 4.79 Å². The highest BCUT2D eigenvalue weighted by Gasteiger charge is 2.52. The van der Waals surface area contributed by atoms with Crippen LogP contribution in [-0.2, 0) is 11.3 Å². The first-order chi connectivity index (χ1) is 15.1. The van der Waals surface area contributed by atoms with Gasteiger partial charge in [0, 0.05) is 25.5 Å². The summed E-state index contributed by atoms with van der Waals surface area (Å²) in [5, 5.41) is 3.55. The van der Waals surface area contributed by atoms with E-state index in [-0.39, 0.29) is 11.4 Å². The van der Waals surface area contributed by atoms with E-state index in [0.29, 0.717) is 11.9 Å². The molecule has 5 fully saturated rings. The highest BCUT2D eigenvalue weighted by molar-refractivity contribution is 5.90. The average molecular weight is 425 g/mol. The third-order valence-corrected chi connectivity index (χ3v) is 8.71. The molecule has 0 spiro atoms. The summed E-state index contributed by atoms with van der Waals surface area (Å²) in [4.78, 5) is 18.7. The number of pyridine rings is 1. The van der Waals surface area contributed by atoms with Crippen molar-refractivity contribution < 1.29 is 18.8 Å². The Kier molecular flexibility index (Phi) is 4.83. The number of fused-ring (bicyclic) bond motifs is 1. The van der Waals surface area contributed by atoms with E-state index < -0.39 is 0 Å². The third-order valence-electron chi connectivity index (χ3n) is 8.71. The Hall–Kier alpha value is -1.92. The number of hydrogen-bond acceptors (Lipinski definition) is 2. The third kappa shape index (κ3) is 3.58. The van der Waals surface area contributed by atoms with Crippen molar-refractivity contribution in [2.24, 2.45) is 17.8 Å². The average Bonchev–Trinajstić information content (AvgIpc) is 3.12. The molecule has 31 heavy (non-hydrogen) atoms. The second kappa shape index (κ2) is 7.59. The molecule has 3 heterocycles. The first kappa shape index (κ1) is 19.7. The number of aromatic nitrogens is 2. The minimum atomic E-state index is 0.0338. The molecule has 6 nitrogen and oxygen atoms in total. The largest absolute Gasteiger partial charge is 0.381 e. The highest BCUT2D eigenvalue weighted by atomic mass is 16.5. The van der Waals surface area contributed by atoms with Crippen LogP contribution in [0.15, 0.2) is 24.4 Å². The van der Waals surface area contributed by atoms with E-state index in [1.54, 1.807) is 4.90 Å². The van der Waals surface area contributed by atoms with Gasteiger partial charge >= 0.3 is 11.7 Å². The summed E-state index contributed by atoms with van der Waals surface area (Å²) in [5.74, 6) is 3.24. The van der Waals surface area contributed by atoms with Crippen molar-refractivity contribution in [2.75, 3.05) is 20.2 Å². The first-order valence-electron chi connectivity index (χ1n) is 12.3. The zero-order chi connectivity index (χ0) is 21.0. The molecule has 0 aromatic carbocycles. The van der Waals surface area contributed by atoms with Crippen LogP contribution in [0.25, 0.3) is 5.52 Å². The van der Waals surface area contributed by atoms with Crippen LogP contribution in [-0.4, -0.2) is 42.7 Å². The molecule has 0 atom stereocenters. The molecule has 166 valence electrons. The molecule has 1 saturated heterocycles. The standard InChI is InChI=1S/C25H34N4O2/c1-31-20-5-8-28(9-6-20)16-21-22-4-2-3-7-29(22)23(26-21)24(30)27-25-13-17-10-18(14-25)12-19(11-17)15-25/h2-4,7,17-20H,5-6,8-16H2,1H3,(H,27,30)/p+2. The minimum absolute atomic E-state index is 0.0338. The predicted octanol–water partition coefficient (Wildman–Crippen LogP) is 1.65. The van der Waals surface area contributed by atoms with Crippen molar-refractivity contribution in [3.05, 3.63) is 35.9 Å². The first-order valence-corrected chi connectivity index (χ1v) is 12.3. The molecule has 2 aromatic heterocycles. The maximum Gasteiger partial charge on any atom is 0.351 e. The van der Waals surface area contributed by atoms with Crippen molar-refractivity contribution >= 4 is 11.4 Å². The molecule has 0 radical (unpaired) electrons. The van der Waals surface area contributed by atoms with E-state index in [2.05, 4.69) is 26.8 Å². The van der Waals surface area contributed by atoms with Gasteiger partial charge in [-0.2, -0.15) is 4.40 Å². The van der Waals surface area contributed by atoms with E-state index in [4.69, 9.17) is 4.74 Å². The number of aromatic amines is 1. The number of likely N-dealkylation sites (tertiary alicyclic amines) is 1. The summed E-state index contributed by atoms with van der Waals surface area (Å²) in [5.41, 5.74) is 2.33. The van der Waals surface area contributed by atoms with Gasteiger partial charge in [-0.1, -0.05) is 6.07 Å². The lowest BCUT2D eigenvalue weighted by Crippen LogP contribution is -3.12. The minimum Gasteiger partial charge on any atom is -0.381 e. The number of carbonyl (C=O) groups excluding carboxylic acids is 1. The maximum absolute atomic E-state index is 13.5. The predicted molar refractivity (Wildman–Crippen MR) is 117 cm³/mol. The normalized spacial score (nSPS) is 36.7. The van der Waals surface area contributed by atoms with Gasteiger partial charge in [0.1, 0.15) is 6.54 Å². The van der Waals surface area contributed by atoms with Crippen molar-refractivity contribution in [3.63, 3.8) is 0 Å². The zero-order valence-corrected chi connectivity index (χ0v) is 18.7. The summed E-state index contributed by atoms with van der Waals surface area (Å²) >= 11 is 0. The quantitative estimate of drug-likeness (QED) is 0.639. The van der Waals surface area contributed by atoms with Gasteiger partial charge in [0.25, 0.3) is 0 Å². The fourth-order valence-corrected chi connectivity index (χ4v) is 7.68. The fraction of sp³-hybridized carbons (Fsp3) is 0.680. The summed E-state index contributed by atoms with van der Waals surface area (Å²) < 4.78 is 7.59. The molecule has 5 aliphatic rings. The number of piperidine rings is 1. The van der Waals surface area contributed by atoms with Crippen molar-refractivity contribution in [3.8, 4) is 0 Å². The lowest BCUT2D eigenvalue weighted by molar-refractivity contribution is -0.919. The van der Waals surface area contributed by atoms with Gasteiger partial charge in [0.2, 0.25) is 5.69 Å². The van der Waals surface area contributed by atoms with Crippen LogP contribution in [0.3, 0.4) is 0 Å². The molecule has 6 heteroatoms. The molecule has 2 aromatic rings. The maximum atomic E-state index is 13.5. The number of hydrogen-bond donors (Lipinski definition) is 3. The number of ether oxygens (including phenoxy) is 1. The Balaban J connectivity index is 1.24. The molecular weight excluding hydrogens is 388 g/mol. The molecule has 7 rings (SSSR count). The monoisotopic (exact) mass is 424 g/mol. The molecule has 3 N–H and O–H groups in total. The van der Waals surface area contributed by atoms with Gasteiger partial charge in [-0.15, -0.1) is 0 Å². The second-order valence-electron chi connectivity index (χ2n) is 10.9. The number of rotatable bonds is 5. The number of carbonyl (C=O) groups is 1. The van der Waals surface area contributed by atoms with Gasteiger partial charge in [-0.05, 0) is 68.4 Å². The Morgan fingerprint density at radius 1 is 1.16 bits per heavy atom. The number of nitrogens with zero attached hydrogens (tertiary/aromatic N) is 1. The van der Waals surface area contributed by atoms with Crippen molar-refractivity contribution in [1.29, 1.82) is 0 Å². The number of H-pyrrole nitrogens is 1. The van der Waals surface area contributed by atoms with Gasteiger partial charge in [0.05, 0.1) is 25.4 Å². The Morgan fingerprint density at radius 2 is 1.84 bits per heavy atom. The van der Waals surface area contributed by atoms with E-state index in [1.165, 1.54) is 44.2 Å². The van der Waals surface area contributed by atoms with Gasteiger partial charge < -0.3 is 15.0 Å². The Morgan fingerprint density at radius 3 is 2.48 bits per heavy atom. The number of amides is 1. The smallest absolute Gasteiger partial charge is 0.351 e. The molecular formula is C25H36N4O2+2. The lowest BCUT2D eigenvalue weighted by Gasteiger charge is -2.56. The molecule has 0 unspecified atom stereocenters. The SMILES string of the molecule is COC1CC[NH+](Cc2[nH]c(C(=O)NC34CC5CC(CC(C5)C3)C4)[n+]3ccccc23)CC1. The van der Waals surface area contributed by atoms with Crippen LogP contribution in [0.1, 0.15) is 67.7 Å². The topological polar surface area (TPSA) is 62.7 Å². The summed E-state index contributed by atoms with van der Waals surface area (Å²) in [6.45, 7) is 3.16. The van der Waals surface area contributed by atoms with Crippen LogP contribution in [0.5, 0.6) is 0 Å². The van der Waals surface area contributed by atoms with E-state index in [0.717, 1.165) is 55.7 Å². The number of methoxy groups -OCH3 is 1. The van der Waals surface area contributed by atoms with Crippen molar-refractivity contribution in [2.45, 2.75) is 69.6 Å². The molecule has 4 saturated carbocycles. The summed E-state index contributed by atoms with van der Waals surface area (Å²) in [6.07, 6.45) is 12.4. The van der Waals surface area contributed by atoms with Crippen LogP contribution < -0.4 is 14.6 Å². The lowest BCUT2D eigenvalue weighted by atomic mass is 9.53. The van der Waals surface area contributed by atoms with Gasteiger partial charge in [-0.25, -0.2) is 4.98 Å². The van der Waals surface area contributed by atoms with Gasteiger partial charge in [0.15, 0.2) is 5.52 Å². The number of quaternary nitrogens is 1. The van der Waals surface area contributed by atoms with Gasteiger partial charge in [-0.3, -0.25) is 4.79 Å². The number of nitrogens with one attached hydrogen (secondary N) is 3. The highest BCUT2D eigenvalue weighted by Crippen LogP contribution is 2.55. The van der Waals surface area contributed by atoms with Crippen LogP contribution >= 0.6 is 0 Å². The fourth-order valence-electron chi connectivity index (χ4n) is 7.68.